The average molecular weight is 222 g/mol. The highest BCUT2D eigenvalue weighted by molar-refractivity contribution is 6.08. The third kappa shape index (κ3) is 1.66. The van der Waals surface area contributed by atoms with Gasteiger partial charge in [0, 0.05) is 7.05 Å². The lowest BCUT2D eigenvalue weighted by Gasteiger charge is -2.01. The van der Waals surface area contributed by atoms with Gasteiger partial charge in [-0.2, -0.15) is 5.10 Å². The van der Waals surface area contributed by atoms with Gasteiger partial charge in [-0.1, -0.05) is 13.3 Å². The Bertz CT molecular complexity index is 450. The second-order valence-corrected chi connectivity index (χ2v) is 3.77. The van der Waals surface area contributed by atoms with Gasteiger partial charge in [-0.05, 0) is 6.42 Å². The van der Waals surface area contributed by atoms with E-state index >= 15 is 0 Å². The summed E-state index contributed by atoms with van der Waals surface area (Å²) in [6.45, 7) is 2.04. The van der Waals surface area contributed by atoms with Gasteiger partial charge in [-0.15, -0.1) is 0 Å². The normalized spacial score (nSPS) is 15.1. The van der Waals surface area contributed by atoms with Crippen LogP contribution in [0.5, 0.6) is 0 Å². The highest BCUT2D eigenvalue weighted by Crippen LogP contribution is 2.22. The zero-order chi connectivity index (χ0) is 11.7. The van der Waals surface area contributed by atoms with Crippen LogP contribution in [0.2, 0.25) is 0 Å². The van der Waals surface area contributed by atoms with E-state index in [1.54, 1.807) is 7.05 Å². The van der Waals surface area contributed by atoms with Crippen LogP contribution in [0, 0.1) is 0 Å². The molecule has 0 atom stereocenters. The summed E-state index contributed by atoms with van der Waals surface area (Å²) in [7, 11) is 1.70. The molecular formula is C10H14N4O2. The Hall–Kier alpha value is -1.85. The first-order valence-electron chi connectivity index (χ1n) is 5.27. The van der Waals surface area contributed by atoms with Crippen LogP contribution in [0.3, 0.4) is 0 Å². The number of aryl methyl sites for hydroxylation is 2. The fraction of sp³-hybridized carbons (Fsp3) is 0.500. The molecule has 0 saturated heterocycles. The van der Waals surface area contributed by atoms with Crippen molar-refractivity contribution in [3.8, 4) is 0 Å². The Kier molecular flexibility index (Phi) is 2.64. The number of rotatable bonds is 2. The van der Waals surface area contributed by atoms with E-state index in [2.05, 4.69) is 15.7 Å². The van der Waals surface area contributed by atoms with Gasteiger partial charge in [-0.3, -0.25) is 14.3 Å². The second kappa shape index (κ2) is 3.96. The number of amides is 2. The fourth-order valence-corrected chi connectivity index (χ4v) is 1.81. The monoisotopic (exact) mass is 222 g/mol. The predicted molar refractivity (Wildman–Crippen MR) is 58.2 cm³/mol. The Labute approximate surface area is 93.0 Å². The molecule has 1 aliphatic rings. The molecule has 0 fully saturated rings. The molecule has 6 heteroatoms. The number of hydrogen-bond donors (Lipinski definition) is 2. The minimum absolute atomic E-state index is 0.0130. The van der Waals surface area contributed by atoms with Gasteiger partial charge in [-0.25, -0.2) is 0 Å². The molecule has 0 radical (unpaired) electrons. The number of carbonyl (C=O) groups excluding carboxylic acids is 2. The van der Waals surface area contributed by atoms with Crippen molar-refractivity contribution in [1.82, 2.24) is 15.1 Å². The maximum atomic E-state index is 11.7. The summed E-state index contributed by atoms with van der Waals surface area (Å²) in [5.74, 6) is -0.469. The quantitative estimate of drug-likeness (QED) is 0.742. The van der Waals surface area contributed by atoms with E-state index in [0.717, 1.165) is 18.5 Å². The number of carbonyl (C=O) groups is 2. The number of aromatic nitrogens is 2. The van der Waals surface area contributed by atoms with E-state index in [1.807, 2.05) is 6.92 Å². The Balaban J connectivity index is 2.51. The first-order valence-corrected chi connectivity index (χ1v) is 5.27. The number of hydrogen-bond acceptors (Lipinski definition) is 3. The lowest BCUT2D eigenvalue weighted by atomic mass is 10.2. The third-order valence-corrected chi connectivity index (χ3v) is 2.50. The van der Waals surface area contributed by atoms with Crippen molar-refractivity contribution < 1.29 is 9.59 Å². The topological polar surface area (TPSA) is 76.0 Å². The summed E-state index contributed by atoms with van der Waals surface area (Å²) in [4.78, 5) is 23.1. The van der Waals surface area contributed by atoms with Gasteiger partial charge < -0.3 is 10.6 Å². The molecule has 0 aromatic carbocycles. The molecule has 0 aliphatic carbocycles. The summed E-state index contributed by atoms with van der Waals surface area (Å²) in [5.41, 5.74) is 1.75. The van der Waals surface area contributed by atoms with Crippen molar-refractivity contribution in [3.63, 3.8) is 0 Å². The number of nitrogens with one attached hydrogen (secondary N) is 2. The van der Waals surface area contributed by atoms with E-state index in [-0.39, 0.29) is 18.4 Å². The fourth-order valence-electron chi connectivity index (χ4n) is 1.81. The van der Waals surface area contributed by atoms with Crippen molar-refractivity contribution in [3.05, 3.63) is 11.4 Å². The Morgan fingerprint density at radius 2 is 2.19 bits per heavy atom. The summed E-state index contributed by atoms with van der Waals surface area (Å²) >= 11 is 0. The van der Waals surface area contributed by atoms with E-state index < -0.39 is 0 Å². The molecule has 2 rings (SSSR count). The van der Waals surface area contributed by atoms with Crippen LogP contribution in [0.25, 0.3) is 0 Å². The van der Waals surface area contributed by atoms with E-state index in [4.69, 9.17) is 0 Å². The maximum Gasteiger partial charge on any atom is 0.272 e. The molecule has 0 bridgehead atoms. The van der Waals surface area contributed by atoms with Gasteiger partial charge >= 0.3 is 0 Å². The molecule has 0 unspecified atom stereocenters. The standard InChI is InChI=1S/C10H14N4O2/c1-3-4-6-8-9(14(2)13-6)10(16)11-5-7(15)12-8/h3-5H2,1-2H3,(H,11,16)(H,12,15). The molecule has 2 amide bonds. The molecule has 86 valence electrons. The molecule has 2 N–H and O–H groups in total. The first kappa shape index (κ1) is 10.7. The zero-order valence-corrected chi connectivity index (χ0v) is 9.33. The molecule has 2 heterocycles. The molecular weight excluding hydrogens is 208 g/mol. The SMILES string of the molecule is CCCc1nn(C)c2c1NC(=O)CNC2=O. The van der Waals surface area contributed by atoms with Crippen LogP contribution in [0.1, 0.15) is 29.5 Å². The van der Waals surface area contributed by atoms with Crippen LogP contribution in [0.15, 0.2) is 0 Å². The molecule has 0 spiro atoms. The Morgan fingerprint density at radius 1 is 1.44 bits per heavy atom. The second-order valence-electron chi connectivity index (χ2n) is 3.77. The third-order valence-electron chi connectivity index (χ3n) is 2.50. The number of fused-ring (bicyclic) bond motifs is 1. The largest absolute Gasteiger partial charge is 0.342 e. The van der Waals surface area contributed by atoms with Crippen molar-refractivity contribution >= 4 is 17.5 Å². The van der Waals surface area contributed by atoms with E-state index in [9.17, 15) is 9.59 Å². The van der Waals surface area contributed by atoms with Crippen LogP contribution in [0.4, 0.5) is 5.69 Å². The summed E-state index contributed by atoms with van der Waals surface area (Å²) in [5, 5.41) is 9.51. The minimum Gasteiger partial charge on any atom is -0.342 e. The first-order chi connectivity index (χ1) is 7.63. The maximum absolute atomic E-state index is 11.7. The average Bonchev–Trinajstić information content (AvgIpc) is 2.42. The molecule has 6 nitrogen and oxygen atoms in total. The van der Waals surface area contributed by atoms with E-state index in [1.165, 1.54) is 4.68 Å². The van der Waals surface area contributed by atoms with Crippen molar-refractivity contribution in [2.45, 2.75) is 19.8 Å². The van der Waals surface area contributed by atoms with E-state index in [0.29, 0.717) is 11.4 Å². The van der Waals surface area contributed by atoms with Crippen LogP contribution in [-0.2, 0) is 18.3 Å². The van der Waals surface area contributed by atoms with Crippen LogP contribution >= 0.6 is 0 Å². The summed E-state index contributed by atoms with van der Waals surface area (Å²) < 4.78 is 1.52. The van der Waals surface area contributed by atoms with Crippen LogP contribution < -0.4 is 10.6 Å². The summed E-state index contributed by atoms with van der Waals surface area (Å²) in [6, 6.07) is 0. The molecule has 1 aromatic heterocycles. The van der Waals surface area contributed by atoms with Gasteiger partial charge in [0.15, 0.2) is 0 Å². The lowest BCUT2D eigenvalue weighted by Crippen LogP contribution is -2.29. The van der Waals surface area contributed by atoms with Gasteiger partial charge in [0.05, 0.1) is 17.9 Å². The molecule has 1 aromatic rings. The minimum atomic E-state index is -0.259. The van der Waals surface area contributed by atoms with Gasteiger partial charge in [0.1, 0.15) is 5.69 Å². The lowest BCUT2D eigenvalue weighted by molar-refractivity contribution is -0.115. The van der Waals surface area contributed by atoms with Crippen molar-refractivity contribution in [1.29, 1.82) is 0 Å². The number of nitrogens with zero attached hydrogens (tertiary/aromatic N) is 2. The molecule has 0 saturated carbocycles. The van der Waals surface area contributed by atoms with Gasteiger partial charge in [0.25, 0.3) is 5.91 Å². The van der Waals surface area contributed by atoms with Crippen LogP contribution in [-0.4, -0.2) is 28.1 Å². The highest BCUT2D eigenvalue weighted by atomic mass is 16.2. The Morgan fingerprint density at radius 3 is 2.88 bits per heavy atom. The molecule has 1 aliphatic heterocycles. The molecule has 16 heavy (non-hydrogen) atoms. The smallest absolute Gasteiger partial charge is 0.272 e. The van der Waals surface area contributed by atoms with Crippen molar-refractivity contribution in [2.75, 3.05) is 11.9 Å². The highest BCUT2D eigenvalue weighted by Gasteiger charge is 2.26. The number of anilines is 1. The zero-order valence-electron chi connectivity index (χ0n) is 9.33. The van der Waals surface area contributed by atoms with Gasteiger partial charge in [0.2, 0.25) is 5.91 Å². The van der Waals surface area contributed by atoms with Crippen molar-refractivity contribution in [2.24, 2.45) is 7.05 Å². The predicted octanol–water partition coefficient (Wildman–Crippen LogP) is 0.0545. The summed E-state index contributed by atoms with van der Waals surface area (Å²) in [6.07, 6.45) is 1.66.